The van der Waals surface area contributed by atoms with Gasteiger partial charge in [0.05, 0.1) is 4.90 Å². The fourth-order valence-electron chi connectivity index (χ4n) is 2.74. The van der Waals surface area contributed by atoms with Crippen LogP contribution < -0.4 is 15.8 Å². The normalized spacial score (nSPS) is 14.7. The van der Waals surface area contributed by atoms with Crippen molar-refractivity contribution < 1.29 is 17.6 Å². The van der Waals surface area contributed by atoms with Crippen LogP contribution in [0.15, 0.2) is 47.4 Å². The quantitative estimate of drug-likeness (QED) is 0.632. The third-order valence-corrected chi connectivity index (χ3v) is 5.97. The van der Waals surface area contributed by atoms with Gasteiger partial charge in [-0.25, -0.2) is 12.8 Å². The summed E-state index contributed by atoms with van der Waals surface area (Å²) in [6.07, 6.45) is 2.16. The van der Waals surface area contributed by atoms with Gasteiger partial charge in [-0.2, -0.15) is 0 Å². The van der Waals surface area contributed by atoms with Gasteiger partial charge in [-0.3, -0.25) is 9.52 Å². The first kappa shape index (κ1) is 22.1. The van der Waals surface area contributed by atoms with Crippen LogP contribution in [0.1, 0.15) is 28.8 Å². The summed E-state index contributed by atoms with van der Waals surface area (Å²) in [6.45, 7) is 2.09. The first-order chi connectivity index (χ1) is 12.8. The molecule has 0 radical (unpaired) electrons. The van der Waals surface area contributed by atoms with Gasteiger partial charge in [0.15, 0.2) is 0 Å². The second-order valence-electron chi connectivity index (χ2n) is 6.80. The van der Waals surface area contributed by atoms with E-state index in [1.165, 1.54) is 24.3 Å². The Morgan fingerprint density at radius 3 is 2.46 bits per heavy atom. The number of anilines is 1. The molecule has 1 fully saturated rings. The van der Waals surface area contributed by atoms with Gasteiger partial charge in [0.25, 0.3) is 15.9 Å². The fourth-order valence-corrected chi connectivity index (χ4v) is 3.83. The molecule has 0 heterocycles. The molecule has 2 aromatic rings. The topological polar surface area (TPSA) is 101 Å². The molecule has 1 atom stereocenters. The van der Waals surface area contributed by atoms with Crippen molar-refractivity contribution in [2.24, 2.45) is 11.7 Å². The number of rotatable bonds is 7. The molecule has 28 heavy (non-hydrogen) atoms. The molecular weight excluding hydrogens is 405 g/mol. The van der Waals surface area contributed by atoms with Crippen LogP contribution in [0.5, 0.6) is 0 Å². The number of carbonyl (C=O) groups is 1. The maximum Gasteiger partial charge on any atom is 0.261 e. The van der Waals surface area contributed by atoms with E-state index in [9.17, 15) is 17.6 Å². The summed E-state index contributed by atoms with van der Waals surface area (Å²) in [4.78, 5) is 12.4. The number of benzene rings is 2. The predicted molar refractivity (Wildman–Crippen MR) is 109 cm³/mol. The number of halogens is 2. The Morgan fingerprint density at radius 1 is 1.21 bits per heavy atom. The molecule has 1 unspecified atom stereocenters. The van der Waals surface area contributed by atoms with Crippen LogP contribution in [-0.2, 0) is 10.0 Å². The van der Waals surface area contributed by atoms with Crippen molar-refractivity contribution in [1.82, 2.24) is 5.32 Å². The van der Waals surface area contributed by atoms with Gasteiger partial charge in [-0.1, -0.05) is 6.07 Å². The molecule has 4 N–H and O–H groups in total. The summed E-state index contributed by atoms with van der Waals surface area (Å²) in [6, 6.07) is 9.23. The SMILES string of the molecule is Cc1ccc(S(=O)(=O)Nc2ccc(F)cc2)cc1C(=O)NCC(N)C1CC1.Cl. The van der Waals surface area contributed by atoms with Crippen molar-refractivity contribution in [3.8, 4) is 0 Å². The van der Waals surface area contributed by atoms with Gasteiger partial charge in [-0.05, 0) is 67.6 Å². The average molecular weight is 428 g/mol. The molecule has 0 aliphatic heterocycles. The number of nitrogens with one attached hydrogen (secondary N) is 2. The molecule has 0 bridgehead atoms. The van der Waals surface area contributed by atoms with Crippen LogP contribution in [0.4, 0.5) is 10.1 Å². The van der Waals surface area contributed by atoms with E-state index in [0.717, 1.165) is 25.0 Å². The van der Waals surface area contributed by atoms with Crippen molar-refractivity contribution in [2.75, 3.05) is 11.3 Å². The minimum atomic E-state index is -3.91. The zero-order chi connectivity index (χ0) is 19.6. The first-order valence-corrected chi connectivity index (χ1v) is 10.2. The Hall–Kier alpha value is -2.16. The van der Waals surface area contributed by atoms with E-state index in [0.29, 0.717) is 18.0 Å². The summed E-state index contributed by atoms with van der Waals surface area (Å²) in [5, 5.41) is 2.77. The lowest BCUT2D eigenvalue weighted by Crippen LogP contribution is -2.38. The van der Waals surface area contributed by atoms with E-state index in [2.05, 4.69) is 10.0 Å². The van der Waals surface area contributed by atoms with E-state index in [4.69, 9.17) is 5.73 Å². The molecule has 1 amide bonds. The summed E-state index contributed by atoms with van der Waals surface area (Å²) < 4.78 is 40.5. The number of amides is 1. The summed E-state index contributed by atoms with van der Waals surface area (Å²) >= 11 is 0. The zero-order valence-electron chi connectivity index (χ0n) is 15.3. The van der Waals surface area contributed by atoms with Gasteiger partial charge >= 0.3 is 0 Å². The maximum absolute atomic E-state index is 13.0. The van der Waals surface area contributed by atoms with Gasteiger partial charge in [0.2, 0.25) is 0 Å². The van der Waals surface area contributed by atoms with Gasteiger partial charge in [0, 0.05) is 23.8 Å². The van der Waals surface area contributed by atoms with E-state index in [1.807, 2.05) is 0 Å². The Morgan fingerprint density at radius 2 is 1.86 bits per heavy atom. The number of aryl methyl sites for hydroxylation is 1. The van der Waals surface area contributed by atoms with Gasteiger partial charge < -0.3 is 11.1 Å². The highest BCUT2D eigenvalue weighted by Gasteiger charge is 2.28. The number of sulfonamides is 1. The molecule has 2 aromatic carbocycles. The summed E-state index contributed by atoms with van der Waals surface area (Å²) in [5.74, 6) is -0.364. The summed E-state index contributed by atoms with van der Waals surface area (Å²) in [7, 11) is -3.91. The smallest absolute Gasteiger partial charge is 0.261 e. The fraction of sp³-hybridized carbons (Fsp3) is 0.316. The van der Waals surface area contributed by atoms with Crippen molar-refractivity contribution in [2.45, 2.75) is 30.7 Å². The van der Waals surface area contributed by atoms with E-state index < -0.39 is 15.8 Å². The molecule has 0 aromatic heterocycles. The monoisotopic (exact) mass is 427 g/mol. The number of carbonyl (C=O) groups excluding carboxylic acids is 1. The Kier molecular flexibility index (Phi) is 7.03. The molecule has 1 aliphatic carbocycles. The van der Waals surface area contributed by atoms with E-state index in [1.54, 1.807) is 13.0 Å². The molecular formula is C19H23ClFN3O3S. The highest BCUT2D eigenvalue weighted by molar-refractivity contribution is 7.92. The third-order valence-electron chi connectivity index (χ3n) is 4.59. The molecule has 3 rings (SSSR count). The lowest BCUT2D eigenvalue weighted by Gasteiger charge is -2.14. The van der Waals surface area contributed by atoms with Crippen molar-refractivity contribution in [3.63, 3.8) is 0 Å². The van der Waals surface area contributed by atoms with E-state index in [-0.39, 0.29) is 40.5 Å². The van der Waals surface area contributed by atoms with Crippen LogP contribution in [0.3, 0.4) is 0 Å². The predicted octanol–water partition coefficient (Wildman–Crippen LogP) is 2.82. The second kappa shape index (κ2) is 8.89. The lowest BCUT2D eigenvalue weighted by molar-refractivity contribution is 0.0949. The first-order valence-electron chi connectivity index (χ1n) is 8.69. The lowest BCUT2D eigenvalue weighted by atomic mass is 10.1. The Labute approximate surface area is 170 Å². The number of hydrogen-bond donors (Lipinski definition) is 3. The standard InChI is InChI=1S/C19H22FN3O3S.ClH/c1-12-2-9-16(27(25,26)23-15-7-5-14(20)6-8-15)10-17(12)19(24)22-11-18(21)13-3-4-13;/h2,5-10,13,18,23H,3-4,11,21H2,1H3,(H,22,24);1H. The highest BCUT2D eigenvalue weighted by Crippen LogP contribution is 2.31. The molecule has 0 saturated heterocycles. The largest absolute Gasteiger partial charge is 0.350 e. The van der Waals surface area contributed by atoms with Crippen molar-refractivity contribution in [3.05, 3.63) is 59.4 Å². The van der Waals surface area contributed by atoms with Gasteiger partial charge in [0.1, 0.15) is 5.82 Å². The molecule has 152 valence electrons. The Bertz CT molecular complexity index is 947. The molecule has 1 saturated carbocycles. The zero-order valence-corrected chi connectivity index (χ0v) is 16.9. The summed E-state index contributed by atoms with van der Waals surface area (Å²) in [5.41, 5.74) is 7.16. The minimum Gasteiger partial charge on any atom is -0.350 e. The maximum atomic E-state index is 13.0. The van der Waals surface area contributed by atoms with Crippen LogP contribution in [-0.4, -0.2) is 26.9 Å². The van der Waals surface area contributed by atoms with Crippen LogP contribution in [0, 0.1) is 18.7 Å². The Balaban J connectivity index is 0.00000280. The van der Waals surface area contributed by atoms with Crippen LogP contribution in [0.2, 0.25) is 0 Å². The molecule has 9 heteroatoms. The van der Waals surface area contributed by atoms with E-state index >= 15 is 0 Å². The highest BCUT2D eigenvalue weighted by atomic mass is 35.5. The van der Waals surface area contributed by atoms with Crippen molar-refractivity contribution in [1.29, 1.82) is 0 Å². The van der Waals surface area contributed by atoms with Crippen LogP contribution >= 0.6 is 12.4 Å². The second-order valence-corrected chi connectivity index (χ2v) is 8.48. The number of hydrogen-bond acceptors (Lipinski definition) is 4. The third kappa shape index (κ3) is 5.43. The average Bonchev–Trinajstić information content (AvgIpc) is 3.46. The van der Waals surface area contributed by atoms with Crippen LogP contribution in [0.25, 0.3) is 0 Å². The molecule has 6 nitrogen and oxygen atoms in total. The number of nitrogens with two attached hydrogens (primary N) is 1. The molecule has 0 spiro atoms. The van der Waals surface area contributed by atoms with Gasteiger partial charge in [-0.15, -0.1) is 12.4 Å². The minimum absolute atomic E-state index is 0. The molecule has 1 aliphatic rings. The van der Waals surface area contributed by atoms with Crippen molar-refractivity contribution >= 4 is 34.0 Å².